The first kappa shape index (κ1) is 21.8. The van der Waals surface area contributed by atoms with Crippen LogP contribution in [0.1, 0.15) is 30.9 Å². The van der Waals surface area contributed by atoms with E-state index in [2.05, 4.69) is 17.4 Å². The van der Waals surface area contributed by atoms with Gasteiger partial charge in [0.05, 0.1) is 6.61 Å². The number of cyclic esters (lactones) is 1. The van der Waals surface area contributed by atoms with E-state index in [4.69, 9.17) is 14.2 Å². The third-order valence-corrected chi connectivity index (χ3v) is 5.32. The minimum Gasteiger partial charge on any atom is -0.461 e. The number of ether oxygens (including phenoxy) is 3. The van der Waals surface area contributed by atoms with Crippen LogP contribution in [-0.2, 0) is 32.0 Å². The lowest BCUT2D eigenvalue weighted by Crippen LogP contribution is -2.46. The summed E-state index contributed by atoms with van der Waals surface area (Å²) in [7, 11) is 0. The normalized spacial score (nSPS) is 22.2. The second-order valence-electron chi connectivity index (χ2n) is 7.55. The first-order valence-electron chi connectivity index (χ1n) is 10.4. The molecule has 1 saturated heterocycles. The fourth-order valence-electron chi connectivity index (χ4n) is 3.48. The molecule has 1 amide bonds. The molecule has 3 rings (SSSR count). The largest absolute Gasteiger partial charge is 0.461 e. The highest BCUT2D eigenvalue weighted by Crippen LogP contribution is 2.21. The summed E-state index contributed by atoms with van der Waals surface area (Å²) in [5.41, 5.74) is 2.13. The summed E-state index contributed by atoms with van der Waals surface area (Å²) in [5, 5.41) is 2.57. The standard InChI is InChI=1S/C24H29NO5/c1-18-21(13-12-19-8-4-2-5-9-19)14-15-28-17-22(23(26)30-18)25-24(27)29-16-20-10-6-3-7-11-20/h2-11,18,21-22H,12-17H2,1H3,(H,25,27)/t18-,21+,22-/m0/s1. The molecule has 3 atom stereocenters. The summed E-state index contributed by atoms with van der Waals surface area (Å²) in [6.07, 6.45) is 1.69. The summed E-state index contributed by atoms with van der Waals surface area (Å²) < 4.78 is 16.5. The van der Waals surface area contributed by atoms with Crippen LogP contribution in [0, 0.1) is 5.92 Å². The van der Waals surface area contributed by atoms with Crippen LogP contribution in [0.2, 0.25) is 0 Å². The number of hydrogen-bond donors (Lipinski definition) is 1. The number of nitrogens with one attached hydrogen (secondary N) is 1. The van der Waals surface area contributed by atoms with Crippen molar-refractivity contribution in [2.75, 3.05) is 13.2 Å². The average molecular weight is 411 g/mol. The van der Waals surface area contributed by atoms with Gasteiger partial charge in [0, 0.05) is 6.61 Å². The molecular weight excluding hydrogens is 382 g/mol. The minimum atomic E-state index is -0.886. The molecule has 6 heteroatoms. The molecule has 0 unspecified atom stereocenters. The van der Waals surface area contributed by atoms with Crippen LogP contribution in [0.3, 0.4) is 0 Å². The van der Waals surface area contributed by atoms with E-state index >= 15 is 0 Å². The molecule has 160 valence electrons. The van der Waals surface area contributed by atoms with Gasteiger partial charge in [0.2, 0.25) is 0 Å². The number of alkyl carbamates (subject to hydrolysis) is 1. The number of esters is 1. The molecule has 0 radical (unpaired) electrons. The second-order valence-corrected chi connectivity index (χ2v) is 7.55. The van der Waals surface area contributed by atoms with Crippen molar-refractivity contribution in [2.24, 2.45) is 5.92 Å². The quantitative estimate of drug-likeness (QED) is 0.730. The van der Waals surface area contributed by atoms with Crippen molar-refractivity contribution in [3.05, 3.63) is 71.8 Å². The van der Waals surface area contributed by atoms with Gasteiger partial charge in [0.1, 0.15) is 12.7 Å². The first-order chi connectivity index (χ1) is 14.6. The van der Waals surface area contributed by atoms with Gasteiger partial charge in [-0.1, -0.05) is 60.7 Å². The number of carbonyl (C=O) groups is 2. The van der Waals surface area contributed by atoms with Crippen LogP contribution in [0.5, 0.6) is 0 Å². The van der Waals surface area contributed by atoms with Crippen LogP contribution in [0.25, 0.3) is 0 Å². The maximum absolute atomic E-state index is 12.6. The highest BCUT2D eigenvalue weighted by Gasteiger charge is 2.29. The Morgan fingerprint density at radius 3 is 2.43 bits per heavy atom. The topological polar surface area (TPSA) is 73.9 Å². The SMILES string of the molecule is C[C@@H]1OC(=O)[C@@H](NC(=O)OCc2ccccc2)COCC[C@H]1CCc1ccccc1. The minimum absolute atomic E-state index is 0.0669. The highest BCUT2D eigenvalue weighted by molar-refractivity contribution is 5.81. The number of benzene rings is 2. The molecule has 1 aliphatic rings. The molecule has 0 saturated carbocycles. The smallest absolute Gasteiger partial charge is 0.408 e. The molecule has 1 fully saturated rings. The third-order valence-electron chi connectivity index (χ3n) is 5.32. The summed E-state index contributed by atoms with van der Waals surface area (Å²) in [5.74, 6) is -0.302. The van der Waals surface area contributed by atoms with Crippen molar-refractivity contribution >= 4 is 12.1 Å². The van der Waals surface area contributed by atoms with Crippen LogP contribution in [0.4, 0.5) is 4.79 Å². The molecule has 30 heavy (non-hydrogen) atoms. The van der Waals surface area contributed by atoms with E-state index < -0.39 is 18.1 Å². The second kappa shape index (κ2) is 11.4. The summed E-state index contributed by atoms with van der Waals surface area (Å²) in [6, 6.07) is 18.7. The molecule has 6 nitrogen and oxygen atoms in total. The van der Waals surface area contributed by atoms with Gasteiger partial charge >= 0.3 is 12.1 Å². The summed E-state index contributed by atoms with van der Waals surface area (Å²) in [6.45, 7) is 2.62. The highest BCUT2D eigenvalue weighted by atomic mass is 16.6. The van der Waals surface area contributed by atoms with Gasteiger partial charge in [-0.15, -0.1) is 0 Å². The lowest BCUT2D eigenvalue weighted by molar-refractivity contribution is -0.153. The molecule has 0 spiro atoms. The molecule has 2 aromatic rings. The van der Waals surface area contributed by atoms with Crippen LogP contribution in [-0.4, -0.2) is 37.4 Å². The van der Waals surface area contributed by atoms with Crippen molar-refractivity contribution in [1.29, 1.82) is 0 Å². The summed E-state index contributed by atoms with van der Waals surface area (Å²) >= 11 is 0. The van der Waals surface area contributed by atoms with Gasteiger partial charge in [-0.25, -0.2) is 9.59 Å². The van der Waals surface area contributed by atoms with Crippen LogP contribution < -0.4 is 5.32 Å². The van der Waals surface area contributed by atoms with E-state index in [0.717, 1.165) is 24.8 Å². The Bertz CT molecular complexity index is 796. The van der Waals surface area contributed by atoms with E-state index in [1.807, 2.05) is 55.5 Å². The zero-order valence-corrected chi connectivity index (χ0v) is 17.3. The van der Waals surface area contributed by atoms with Gasteiger partial charge < -0.3 is 19.5 Å². The fraction of sp³-hybridized carbons (Fsp3) is 0.417. The van der Waals surface area contributed by atoms with Crippen molar-refractivity contribution in [3.8, 4) is 0 Å². The maximum Gasteiger partial charge on any atom is 0.408 e. The Hall–Kier alpha value is -2.86. The number of amides is 1. The molecular formula is C24H29NO5. The maximum atomic E-state index is 12.6. The predicted octanol–water partition coefficient (Wildman–Crippen LogP) is 3.88. The number of hydrogen-bond acceptors (Lipinski definition) is 5. The van der Waals surface area contributed by atoms with Gasteiger partial charge in [-0.2, -0.15) is 0 Å². The lowest BCUT2D eigenvalue weighted by atomic mass is 9.92. The molecule has 1 aliphatic heterocycles. The van der Waals surface area contributed by atoms with Crippen LogP contribution in [0.15, 0.2) is 60.7 Å². The number of aryl methyl sites for hydroxylation is 1. The number of carbonyl (C=O) groups excluding carboxylic acids is 2. The molecule has 0 aromatic heterocycles. The third kappa shape index (κ3) is 6.88. The van der Waals surface area contributed by atoms with Crippen molar-refractivity contribution in [3.63, 3.8) is 0 Å². The Labute approximate surface area is 177 Å². The Morgan fingerprint density at radius 1 is 1.07 bits per heavy atom. The van der Waals surface area contributed by atoms with Gasteiger partial charge in [-0.05, 0) is 43.2 Å². The monoisotopic (exact) mass is 411 g/mol. The van der Waals surface area contributed by atoms with Gasteiger partial charge in [-0.3, -0.25) is 0 Å². The van der Waals surface area contributed by atoms with Crippen molar-refractivity contribution in [1.82, 2.24) is 5.32 Å². The predicted molar refractivity (Wildman–Crippen MR) is 113 cm³/mol. The van der Waals surface area contributed by atoms with Crippen molar-refractivity contribution in [2.45, 2.75) is 44.9 Å². The molecule has 1 N–H and O–H groups in total. The van der Waals surface area contributed by atoms with E-state index in [1.165, 1.54) is 5.56 Å². The fourth-order valence-corrected chi connectivity index (χ4v) is 3.48. The molecule has 0 aliphatic carbocycles. The molecule has 1 heterocycles. The first-order valence-corrected chi connectivity index (χ1v) is 10.4. The Kier molecular flexibility index (Phi) is 8.27. The summed E-state index contributed by atoms with van der Waals surface area (Å²) in [4.78, 5) is 24.7. The van der Waals surface area contributed by atoms with E-state index in [0.29, 0.717) is 6.61 Å². The zero-order valence-electron chi connectivity index (χ0n) is 17.3. The Balaban J connectivity index is 1.50. The average Bonchev–Trinajstić information content (AvgIpc) is 2.83. The van der Waals surface area contributed by atoms with E-state index in [1.54, 1.807) is 0 Å². The van der Waals surface area contributed by atoms with Gasteiger partial charge in [0.25, 0.3) is 0 Å². The van der Waals surface area contributed by atoms with Gasteiger partial charge in [0.15, 0.2) is 6.04 Å². The van der Waals surface area contributed by atoms with Crippen LogP contribution >= 0.6 is 0 Å². The molecule has 2 aromatic carbocycles. The van der Waals surface area contributed by atoms with E-state index in [9.17, 15) is 9.59 Å². The zero-order chi connectivity index (χ0) is 21.2. The van der Waals surface area contributed by atoms with Crippen molar-refractivity contribution < 1.29 is 23.8 Å². The lowest BCUT2D eigenvalue weighted by Gasteiger charge is -2.24. The number of rotatable bonds is 6. The Morgan fingerprint density at radius 2 is 1.73 bits per heavy atom. The molecule has 0 bridgehead atoms. The van der Waals surface area contributed by atoms with E-state index in [-0.39, 0.29) is 25.2 Å².